The lowest BCUT2D eigenvalue weighted by Gasteiger charge is -2.08. The Kier molecular flexibility index (Phi) is 2.44. The molecule has 1 heterocycles. The minimum atomic E-state index is -0.990. The Balaban J connectivity index is 2.17. The molecule has 1 aliphatic rings. The average Bonchev–Trinajstić information content (AvgIpc) is 2.48. The van der Waals surface area contributed by atoms with E-state index < -0.39 is 12.1 Å². The number of halogens is 1. The number of carbonyl (C=O) groups excluding carboxylic acids is 1. The van der Waals surface area contributed by atoms with Crippen LogP contribution in [0, 0.1) is 0 Å². The van der Waals surface area contributed by atoms with Crippen LogP contribution in [-0.2, 0) is 9.53 Å². The number of ether oxygens (including phenoxy) is 1. The van der Waals surface area contributed by atoms with Crippen molar-refractivity contribution in [1.82, 2.24) is 0 Å². The molecule has 2 atom stereocenters. The third kappa shape index (κ3) is 1.74. The van der Waals surface area contributed by atoms with Crippen molar-refractivity contribution < 1.29 is 14.6 Å². The molecule has 1 N–H and O–H groups in total. The van der Waals surface area contributed by atoms with E-state index in [1.807, 2.05) is 0 Å². The fourth-order valence-corrected chi connectivity index (χ4v) is 1.57. The van der Waals surface area contributed by atoms with Crippen molar-refractivity contribution in [1.29, 1.82) is 0 Å². The Morgan fingerprint density at radius 1 is 1.36 bits per heavy atom. The monoisotopic (exact) mass is 212 g/mol. The van der Waals surface area contributed by atoms with Gasteiger partial charge in [-0.1, -0.05) is 23.7 Å². The summed E-state index contributed by atoms with van der Waals surface area (Å²) in [6.07, 6.45) is -1.01. The molecule has 0 amide bonds. The summed E-state index contributed by atoms with van der Waals surface area (Å²) in [5.41, 5.74) is 0.860. The van der Waals surface area contributed by atoms with Gasteiger partial charge in [-0.05, 0) is 17.7 Å². The number of aliphatic hydroxyl groups is 1. The number of hydrogen-bond acceptors (Lipinski definition) is 3. The molecule has 0 aliphatic carbocycles. The van der Waals surface area contributed by atoms with Crippen molar-refractivity contribution in [2.24, 2.45) is 0 Å². The van der Waals surface area contributed by atoms with Gasteiger partial charge in [0.05, 0.1) is 0 Å². The second kappa shape index (κ2) is 3.59. The lowest BCUT2D eigenvalue weighted by atomic mass is 10.1. The average molecular weight is 213 g/mol. The van der Waals surface area contributed by atoms with Crippen LogP contribution < -0.4 is 0 Å². The van der Waals surface area contributed by atoms with Crippen LogP contribution in [0.4, 0.5) is 0 Å². The summed E-state index contributed by atoms with van der Waals surface area (Å²) in [5, 5.41) is 9.82. The molecule has 0 saturated carbocycles. The molecule has 0 unspecified atom stereocenters. The summed E-state index contributed by atoms with van der Waals surface area (Å²) < 4.78 is 4.97. The Labute approximate surface area is 86.3 Å². The minimum Gasteiger partial charge on any atom is -0.455 e. The Bertz CT molecular complexity index is 347. The third-order valence-electron chi connectivity index (χ3n) is 2.21. The standard InChI is InChI=1S/C10H9ClO3/c11-7-3-1-6(2-4-7)9-5-8(12)10(13)14-9/h1-4,8-9,12H,5H2/t8-,9-/m1/s1. The first-order valence-corrected chi connectivity index (χ1v) is 4.68. The molecule has 4 heteroatoms. The van der Waals surface area contributed by atoms with Gasteiger partial charge in [0.15, 0.2) is 6.10 Å². The minimum absolute atomic E-state index is 0.320. The summed E-state index contributed by atoms with van der Waals surface area (Å²) in [5.74, 6) is -0.551. The van der Waals surface area contributed by atoms with Gasteiger partial charge in [-0.3, -0.25) is 0 Å². The fourth-order valence-electron chi connectivity index (χ4n) is 1.45. The molecule has 0 radical (unpaired) electrons. The predicted molar refractivity (Wildman–Crippen MR) is 50.9 cm³/mol. The Morgan fingerprint density at radius 3 is 2.50 bits per heavy atom. The highest BCUT2D eigenvalue weighted by Crippen LogP contribution is 2.30. The van der Waals surface area contributed by atoms with E-state index in [9.17, 15) is 9.90 Å². The van der Waals surface area contributed by atoms with Gasteiger partial charge in [-0.2, -0.15) is 0 Å². The highest BCUT2D eigenvalue weighted by atomic mass is 35.5. The van der Waals surface area contributed by atoms with Crippen molar-refractivity contribution >= 4 is 17.6 Å². The number of rotatable bonds is 1. The topological polar surface area (TPSA) is 46.5 Å². The molecule has 0 bridgehead atoms. The van der Waals surface area contributed by atoms with Gasteiger partial charge in [-0.15, -0.1) is 0 Å². The van der Waals surface area contributed by atoms with Gasteiger partial charge in [-0.25, -0.2) is 4.79 Å². The maximum atomic E-state index is 10.9. The molecule has 1 aliphatic heterocycles. The predicted octanol–water partition coefficient (Wildman–Crippen LogP) is 1.69. The molecule has 1 aromatic rings. The fraction of sp³-hybridized carbons (Fsp3) is 0.300. The lowest BCUT2D eigenvalue weighted by molar-refractivity contribution is -0.147. The van der Waals surface area contributed by atoms with Crippen LogP contribution in [0.5, 0.6) is 0 Å². The quantitative estimate of drug-likeness (QED) is 0.721. The number of aliphatic hydroxyl groups excluding tert-OH is 1. The van der Waals surface area contributed by atoms with Crippen molar-refractivity contribution in [2.45, 2.75) is 18.6 Å². The van der Waals surface area contributed by atoms with Crippen molar-refractivity contribution in [3.05, 3.63) is 34.9 Å². The largest absolute Gasteiger partial charge is 0.455 e. The summed E-state index contributed by atoms with van der Waals surface area (Å²) >= 11 is 5.72. The Hall–Kier alpha value is -1.06. The van der Waals surface area contributed by atoms with E-state index in [-0.39, 0.29) is 6.10 Å². The van der Waals surface area contributed by atoms with Gasteiger partial charge in [0.2, 0.25) is 0 Å². The number of esters is 1. The molecule has 1 saturated heterocycles. The lowest BCUT2D eigenvalue weighted by Crippen LogP contribution is -2.11. The number of cyclic esters (lactones) is 1. The van der Waals surface area contributed by atoms with E-state index in [0.29, 0.717) is 11.4 Å². The summed E-state index contributed by atoms with van der Waals surface area (Å²) in [7, 11) is 0. The van der Waals surface area contributed by atoms with E-state index in [4.69, 9.17) is 16.3 Å². The zero-order chi connectivity index (χ0) is 10.1. The van der Waals surface area contributed by atoms with Crippen molar-refractivity contribution in [3.63, 3.8) is 0 Å². The zero-order valence-corrected chi connectivity index (χ0v) is 8.07. The summed E-state index contributed by atoms with van der Waals surface area (Å²) in [6, 6.07) is 7.04. The molecule has 2 rings (SSSR count). The molecule has 0 aromatic heterocycles. The van der Waals surface area contributed by atoms with Crippen LogP contribution in [0.2, 0.25) is 5.02 Å². The van der Waals surface area contributed by atoms with Gasteiger partial charge >= 0.3 is 5.97 Å². The molecule has 14 heavy (non-hydrogen) atoms. The molecule has 1 aromatic carbocycles. The highest BCUT2D eigenvalue weighted by Gasteiger charge is 2.33. The van der Waals surface area contributed by atoms with E-state index in [1.54, 1.807) is 24.3 Å². The van der Waals surface area contributed by atoms with E-state index >= 15 is 0 Å². The van der Waals surface area contributed by atoms with E-state index in [2.05, 4.69) is 0 Å². The number of benzene rings is 1. The van der Waals surface area contributed by atoms with Crippen molar-refractivity contribution in [2.75, 3.05) is 0 Å². The van der Waals surface area contributed by atoms with Crippen LogP contribution >= 0.6 is 11.6 Å². The van der Waals surface area contributed by atoms with Crippen molar-refractivity contribution in [3.8, 4) is 0 Å². The van der Waals surface area contributed by atoms with Crippen LogP contribution in [0.15, 0.2) is 24.3 Å². The van der Waals surface area contributed by atoms with Gasteiger partial charge in [0, 0.05) is 11.4 Å². The van der Waals surface area contributed by atoms with Crippen LogP contribution in [0.25, 0.3) is 0 Å². The zero-order valence-electron chi connectivity index (χ0n) is 7.31. The first-order valence-electron chi connectivity index (χ1n) is 4.31. The molecular weight excluding hydrogens is 204 g/mol. The van der Waals surface area contributed by atoms with Crippen LogP contribution in [-0.4, -0.2) is 17.2 Å². The first-order chi connectivity index (χ1) is 6.66. The molecule has 0 spiro atoms. The molecular formula is C10H9ClO3. The Morgan fingerprint density at radius 2 is 2.00 bits per heavy atom. The van der Waals surface area contributed by atoms with Gasteiger partial charge < -0.3 is 9.84 Å². The summed E-state index contributed by atoms with van der Waals surface area (Å²) in [6.45, 7) is 0. The second-order valence-corrected chi connectivity index (χ2v) is 3.67. The molecule has 74 valence electrons. The maximum absolute atomic E-state index is 10.9. The van der Waals surface area contributed by atoms with Gasteiger partial charge in [0.25, 0.3) is 0 Å². The number of hydrogen-bond donors (Lipinski definition) is 1. The second-order valence-electron chi connectivity index (χ2n) is 3.23. The highest BCUT2D eigenvalue weighted by molar-refractivity contribution is 6.30. The van der Waals surface area contributed by atoms with Crippen LogP contribution in [0.3, 0.4) is 0 Å². The van der Waals surface area contributed by atoms with E-state index in [0.717, 1.165) is 5.56 Å². The van der Waals surface area contributed by atoms with Gasteiger partial charge in [0.1, 0.15) is 6.10 Å². The maximum Gasteiger partial charge on any atom is 0.335 e. The third-order valence-corrected chi connectivity index (χ3v) is 2.46. The van der Waals surface area contributed by atoms with Crippen LogP contribution in [0.1, 0.15) is 18.1 Å². The van der Waals surface area contributed by atoms with E-state index in [1.165, 1.54) is 0 Å². The first kappa shape index (κ1) is 9.49. The SMILES string of the molecule is O=C1O[C@@H](c2ccc(Cl)cc2)C[C@H]1O. The summed E-state index contributed by atoms with van der Waals surface area (Å²) in [4.78, 5) is 10.9. The number of carbonyl (C=O) groups is 1. The molecule has 1 fully saturated rings. The molecule has 3 nitrogen and oxygen atoms in total. The normalized spacial score (nSPS) is 26.3. The smallest absolute Gasteiger partial charge is 0.335 e.